The molecule has 6 heteroatoms. The molecule has 0 bridgehead atoms. The van der Waals surface area contributed by atoms with Crippen molar-refractivity contribution < 1.29 is 0 Å². The molecule has 1 fully saturated rings. The van der Waals surface area contributed by atoms with Crippen molar-refractivity contribution in [3.8, 4) is 0 Å². The summed E-state index contributed by atoms with van der Waals surface area (Å²) in [5, 5.41) is 2.78. The van der Waals surface area contributed by atoms with Gasteiger partial charge in [0, 0.05) is 29.0 Å². The number of benzene rings is 1. The van der Waals surface area contributed by atoms with Crippen molar-refractivity contribution in [2.45, 2.75) is 19.3 Å². The van der Waals surface area contributed by atoms with Gasteiger partial charge in [-0.25, -0.2) is 0 Å². The van der Waals surface area contributed by atoms with Gasteiger partial charge in [-0.2, -0.15) is 9.97 Å². The van der Waals surface area contributed by atoms with E-state index in [9.17, 15) is 0 Å². The molecular formula is C15H16ClN5. The summed E-state index contributed by atoms with van der Waals surface area (Å²) in [4.78, 5) is 14.5. The van der Waals surface area contributed by atoms with Crippen LogP contribution < -0.4 is 10.6 Å². The first-order valence-corrected chi connectivity index (χ1v) is 7.59. The van der Waals surface area contributed by atoms with Crippen molar-refractivity contribution in [3.05, 3.63) is 23.2 Å². The van der Waals surface area contributed by atoms with E-state index >= 15 is 0 Å². The number of rotatable bonds is 1. The lowest BCUT2D eigenvalue weighted by molar-refractivity contribution is 0.575. The summed E-state index contributed by atoms with van der Waals surface area (Å²) in [6.07, 6.45) is 3.66. The molecule has 3 heterocycles. The standard InChI is InChI=1S/C15H16ClN5/c16-9-4-5-11-10(8-9)12-13(18-11)19-15(17)20-14(12)21-6-2-1-3-7-21/h4-5,8H,1-3,6-7H2,(H3,17,18,19,20). The Morgan fingerprint density at radius 1 is 1.14 bits per heavy atom. The largest absolute Gasteiger partial charge is 0.368 e. The van der Waals surface area contributed by atoms with E-state index in [1.54, 1.807) is 0 Å². The lowest BCUT2D eigenvalue weighted by Gasteiger charge is -2.28. The van der Waals surface area contributed by atoms with Crippen LogP contribution in [0.2, 0.25) is 5.02 Å². The average Bonchev–Trinajstić information content (AvgIpc) is 2.84. The molecule has 2 aromatic heterocycles. The van der Waals surface area contributed by atoms with Crippen molar-refractivity contribution in [3.63, 3.8) is 0 Å². The molecule has 5 nitrogen and oxygen atoms in total. The molecular weight excluding hydrogens is 286 g/mol. The first-order valence-electron chi connectivity index (χ1n) is 7.22. The van der Waals surface area contributed by atoms with Gasteiger partial charge in [0.25, 0.3) is 0 Å². The van der Waals surface area contributed by atoms with Crippen LogP contribution in [0.4, 0.5) is 11.8 Å². The molecule has 0 aliphatic carbocycles. The number of halogens is 1. The number of aromatic amines is 1. The number of nitrogen functional groups attached to an aromatic ring is 1. The van der Waals surface area contributed by atoms with E-state index in [-0.39, 0.29) is 0 Å². The minimum Gasteiger partial charge on any atom is -0.368 e. The minimum atomic E-state index is 0.306. The maximum atomic E-state index is 6.15. The molecule has 4 rings (SSSR count). The Morgan fingerprint density at radius 2 is 1.95 bits per heavy atom. The van der Waals surface area contributed by atoms with Crippen LogP contribution >= 0.6 is 11.6 Å². The highest BCUT2D eigenvalue weighted by atomic mass is 35.5. The third kappa shape index (κ3) is 2.08. The van der Waals surface area contributed by atoms with E-state index in [2.05, 4.69) is 19.9 Å². The van der Waals surface area contributed by atoms with Crippen LogP contribution in [0.1, 0.15) is 19.3 Å². The average molecular weight is 302 g/mol. The second-order valence-electron chi connectivity index (χ2n) is 5.49. The Labute approximate surface area is 127 Å². The summed E-state index contributed by atoms with van der Waals surface area (Å²) in [7, 11) is 0. The van der Waals surface area contributed by atoms with Gasteiger partial charge in [-0.1, -0.05) is 11.6 Å². The highest BCUT2D eigenvalue weighted by Crippen LogP contribution is 2.34. The zero-order valence-electron chi connectivity index (χ0n) is 11.6. The van der Waals surface area contributed by atoms with E-state index in [0.717, 1.165) is 40.8 Å². The van der Waals surface area contributed by atoms with Crippen LogP contribution in [0.15, 0.2) is 18.2 Å². The summed E-state index contributed by atoms with van der Waals surface area (Å²) in [6.45, 7) is 2.03. The number of aromatic nitrogens is 3. The summed E-state index contributed by atoms with van der Waals surface area (Å²) >= 11 is 6.15. The van der Waals surface area contributed by atoms with Gasteiger partial charge in [-0.05, 0) is 37.5 Å². The molecule has 21 heavy (non-hydrogen) atoms. The molecule has 1 saturated heterocycles. The Kier molecular flexibility index (Phi) is 2.89. The van der Waals surface area contributed by atoms with Crippen molar-refractivity contribution in [2.75, 3.05) is 23.7 Å². The van der Waals surface area contributed by atoms with E-state index in [4.69, 9.17) is 17.3 Å². The van der Waals surface area contributed by atoms with Crippen LogP contribution in [-0.2, 0) is 0 Å². The molecule has 108 valence electrons. The SMILES string of the molecule is Nc1nc(N2CCCCC2)c2c(n1)[nH]c1ccc(Cl)cc12. The molecule has 0 radical (unpaired) electrons. The Balaban J connectivity index is 2.03. The summed E-state index contributed by atoms with van der Waals surface area (Å²) in [6, 6.07) is 5.80. The van der Waals surface area contributed by atoms with Gasteiger partial charge in [0.1, 0.15) is 11.5 Å². The van der Waals surface area contributed by atoms with E-state index in [0.29, 0.717) is 11.0 Å². The van der Waals surface area contributed by atoms with Gasteiger partial charge in [0.2, 0.25) is 5.95 Å². The molecule has 0 atom stereocenters. The van der Waals surface area contributed by atoms with Crippen molar-refractivity contribution in [1.29, 1.82) is 0 Å². The zero-order valence-corrected chi connectivity index (χ0v) is 12.3. The Bertz CT molecular complexity index is 820. The predicted molar refractivity (Wildman–Crippen MR) is 86.9 cm³/mol. The molecule has 0 saturated carbocycles. The molecule has 1 aliphatic heterocycles. The van der Waals surface area contributed by atoms with E-state index < -0.39 is 0 Å². The zero-order chi connectivity index (χ0) is 14.4. The normalized spacial score (nSPS) is 16.0. The first-order chi connectivity index (χ1) is 10.2. The summed E-state index contributed by atoms with van der Waals surface area (Å²) < 4.78 is 0. The highest BCUT2D eigenvalue weighted by Gasteiger charge is 2.19. The molecule has 0 unspecified atom stereocenters. The summed E-state index contributed by atoms with van der Waals surface area (Å²) in [5.41, 5.74) is 7.67. The number of nitrogens with zero attached hydrogens (tertiary/aromatic N) is 3. The molecule has 3 aromatic rings. The Morgan fingerprint density at radius 3 is 2.76 bits per heavy atom. The fourth-order valence-corrected chi connectivity index (χ4v) is 3.27. The number of hydrogen-bond donors (Lipinski definition) is 2. The van der Waals surface area contributed by atoms with Crippen molar-refractivity contribution in [1.82, 2.24) is 15.0 Å². The number of nitrogens with two attached hydrogens (primary N) is 1. The number of anilines is 2. The fourth-order valence-electron chi connectivity index (χ4n) is 3.10. The molecule has 1 aliphatic rings. The molecule has 0 amide bonds. The number of nitrogens with one attached hydrogen (secondary N) is 1. The van der Waals surface area contributed by atoms with Crippen LogP contribution in [-0.4, -0.2) is 28.0 Å². The predicted octanol–water partition coefficient (Wildman–Crippen LogP) is 3.34. The van der Waals surface area contributed by atoms with E-state index in [1.807, 2.05) is 18.2 Å². The van der Waals surface area contributed by atoms with Gasteiger partial charge in [0.15, 0.2) is 0 Å². The highest BCUT2D eigenvalue weighted by molar-refractivity contribution is 6.32. The lowest BCUT2D eigenvalue weighted by atomic mass is 10.1. The molecule has 3 N–H and O–H groups in total. The van der Waals surface area contributed by atoms with Crippen LogP contribution in [0, 0.1) is 0 Å². The quantitative estimate of drug-likeness (QED) is 0.723. The van der Waals surface area contributed by atoms with E-state index in [1.165, 1.54) is 19.3 Å². The number of hydrogen-bond acceptors (Lipinski definition) is 4. The van der Waals surface area contributed by atoms with Gasteiger partial charge in [-0.15, -0.1) is 0 Å². The topological polar surface area (TPSA) is 70.8 Å². The molecule has 1 aromatic carbocycles. The van der Waals surface area contributed by atoms with Crippen molar-refractivity contribution in [2.24, 2.45) is 0 Å². The lowest BCUT2D eigenvalue weighted by Crippen LogP contribution is -2.30. The third-order valence-corrected chi connectivity index (χ3v) is 4.30. The van der Waals surface area contributed by atoms with Gasteiger partial charge < -0.3 is 15.6 Å². The Hall–Kier alpha value is -2.01. The third-order valence-electron chi connectivity index (χ3n) is 4.07. The maximum Gasteiger partial charge on any atom is 0.223 e. The summed E-state index contributed by atoms with van der Waals surface area (Å²) in [5.74, 6) is 1.23. The first kappa shape index (κ1) is 12.7. The van der Waals surface area contributed by atoms with Crippen molar-refractivity contribution >= 4 is 45.3 Å². The monoisotopic (exact) mass is 301 g/mol. The van der Waals surface area contributed by atoms with Crippen LogP contribution in [0.25, 0.3) is 21.9 Å². The van der Waals surface area contributed by atoms with Gasteiger partial charge in [0.05, 0.1) is 5.39 Å². The minimum absolute atomic E-state index is 0.306. The fraction of sp³-hybridized carbons (Fsp3) is 0.333. The number of piperidine rings is 1. The maximum absolute atomic E-state index is 6.15. The van der Waals surface area contributed by atoms with Gasteiger partial charge in [-0.3, -0.25) is 0 Å². The van der Waals surface area contributed by atoms with Gasteiger partial charge >= 0.3 is 0 Å². The molecule has 0 spiro atoms. The number of fused-ring (bicyclic) bond motifs is 3. The smallest absolute Gasteiger partial charge is 0.223 e. The second-order valence-corrected chi connectivity index (χ2v) is 5.93. The van der Waals surface area contributed by atoms with Crippen LogP contribution in [0.5, 0.6) is 0 Å². The second kappa shape index (κ2) is 4.77. The number of H-pyrrole nitrogens is 1. The van der Waals surface area contributed by atoms with Crippen LogP contribution in [0.3, 0.4) is 0 Å².